The van der Waals surface area contributed by atoms with Crippen molar-refractivity contribution in [1.29, 1.82) is 0 Å². The van der Waals surface area contributed by atoms with Gasteiger partial charge in [-0.3, -0.25) is 14.4 Å². The third-order valence-corrected chi connectivity index (χ3v) is 6.46. The van der Waals surface area contributed by atoms with E-state index in [1.54, 1.807) is 20.8 Å². The number of amides is 3. The van der Waals surface area contributed by atoms with Gasteiger partial charge in [0.2, 0.25) is 11.8 Å². The van der Waals surface area contributed by atoms with E-state index in [0.29, 0.717) is 12.6 Å². The summed E-state index contributed by atoms with van der Waals surface area (Å²) in [6, 6.07) is 9.86. The molecule has 2 aromatic rings. The van der Waals surface area contributed by atoms with E-state index in [-0.39, 0.29) is 12.1 Å². The molecule has 3 amide bonds. The topological polar surface area (TPSA) is 117 Å². The first-order valence-corrected chi connectivity index (χ1v) is 12.0. The van der Waals surface area contributed by atoms with E-state index in [1.165, 1.54) is 6.07 Å². The lowest BCUT2D eigenvalue weighted by molar-refractivity contribution is -0.137. The van der Waals surface area contributed by atoms with Crippen LogP contribution in [0.3, 0.4) is 0 Å². The molecule has 5 N–H and O–H groups in total. The van der Waals surface area contributed by atoms with Crippen molar-refractivity contribution in [2.45, 2.75) is 46.0 Å². The third kappa shape index (κ3) is 7.47. The number of benzene rings is 2. The van der Waals surface area contributed by atoms with Crippen LogP contribution in [0.15, 0.2) is 42.5 Å². The molecular formula is C27H36F3N5O3. The van der Waals surface area contributed by atoms with Gasteiger partial charge in [0.25, 0.3) is 5.91 Å². The van der Waals surface area contributed by atoms with Crippen LogP contribution in [0.1, 0.15) is 47.8 Å². The van der Waals surface area contributed by atoms with Crippen LogP contribution < -0.4 is 26.6 Å². The van der Waals surface area contributed by atoms with Crippen LogP contribution in [0, 0.1) is 12.3 Å². The van der Waals surface area contributed by atoms with Gasteiger partial charge in [0, 0.05) is 38.4 Å². The number of hydrogen-bond acceptors (Lipinski definition) is 5. The minimum absolute atomic E-state index is 0.00796. The Hall–Kier alpha value is -3.60. The number of aryl methyl sites for hydroxylation is 1. The molecule has 0 aromatic heterocycles. The summed E-state index contributed by atoms with van der Waals surface area (Å²) in [5, 5.41) is 8.17. The van der Waals surface area contributed by atoms with Gasteiger partial charge in [-0.05, 0) is 53.8 Å². The number of halogens is 3. The van der Waals surface area contributed by atoms with Crippen LogP contribution in [0.2, 0.25) is 0 Å². The fraction of sp³-hybridized carbons (Fsp3) is 0.444. The molecule has 0 saturated carbocycles. The van der Waals surface area contributed by atoms with Gasteiger partial charge in [-0.2, -0.15) is 13.2 Å². The Labute approximate surface area is 221 Å². The number of nitrogens with two attached hydrogens (primary N) is 1. The van der Waals surface area contributed by atoms with E-state index in [4.69, 9.17) is 5.73 Å². The number of carbonyl (C=O) groups is 3. The van der Waals surface area contributed by atoms with E-state index in [1.807, 2.05) is 44.1 Å². The average molecular weight is 536 g/mol. The minimum Gasteiger partial charge on any atom is -0.378 e. The third-order valence-electron chi connectivity index (χ3n) is 6.46. The lowest BCUT2D eigenvalue weighted by atomic mass is 9.72. The molecule has 38 heavy (non-hydrogen) atoms. The van der Waals surface area contributed by atoms with E-state index >= 15 is 0 Å². The Morgan fingerprint density at radius 1 is 1.00 bits per heavy atom. The predicted octanol–water partition coefficient (Wildman–Crippen LogP) is 2.99. The molecule has 0 bridgehead atoms. The summed E-state index contributed by atoms with van der Waals surface area (Å²) in [4.78, 5) is 39.9. The normalized spacial score (nSPS) is 13.4. The van der Waals surface area contributed by atoms with Crippen LogP contribution in [0.25, 0.3) is 0 Å². The Morgan fingerprint density at radius 2 is 1.66 bits per heavy atom. The number of carbonyl (C=O) groups excluding carboxylic acids is 3. The highest BCUT2D eigenvalue weighted by atomic mass is 19.4. The van der Waals surface area contributed by atoms with E-state index < -0.39 is 47.0 Å². The van der Waals surface area contributed by atoms with Crippen molar-refractivity contribution in [3.05, 3.63) is 64.7 Å². The maximum absolute atomic E-state index is 13.0. The SMILES string of the molecule is Cc1cc(N(C)C)ccc1CNCC(NC(=O)CNC(=O)c1cccc(C(F)(F)F)c1)(C(N)=O)C(C)(C)C. The van der Waals surface area contributed by atoms with Crippen molar-refractivity contribution < 1.29 is 27.6 Å². The number of nitrogens with one attached hydrogen (secondary N) is 3. The monoisotopic (exact) mass is 535 g/mol. The molecule has 1 unspecified atom stereocenters. The molecule has 0 heterocycles. The summed E-state index contributed by atoms with van der Waals surface area (Å²) in [6.07, 6.45) is -4.61. The van der Waals surface area contributed by atoms with Gasteiger partial charge in [0.15, 0.2) is 0 Å². The van der Waals surface area contributed by atoms with E-state index in [0.717, 1.165) is 28.9 Å². The van der Waals surface area contributed by atoms with Crippen molar-refractivity contribution >= 4 is 23.4 Å². The van der Waals surface area contributed by atoms with Crippen molar-refractivity contribution in [2.24, 2.45) is 11.1 Å². The van der Waals surface area contributed by atoms with Crippen LogP contribution in [0.4, 0.5) is 18.9 Å². The van der Waals surface area contributed by atoms with Crippen LogP contribution in [0.5, 0.6) is 0 Å². The van der Waals surface area contributed by atoms with Crippen molar-refractivity contribution in [3.8, 4) is 0 Å². The summed E-state index contributed by atoms with van der Waals surface area (Å²) < 4.78 is 38.9. The van der Waals surface area contributed by atoms with Crippen molar-refractivity contribution in [1.82, 2.24) is 16.0 Å². The Balaban J connectivity index is 2.12. The zero-order valence-corrected chi connectivity index (χ0v) is 22.5. The van der Waals surface area contributed by atoms with Gasteiger partial charge in [0.1, 0.15) is 5.54 Å². The van der Waals surface area contributed by atoms with Gasteiger partial charge < -0.3 is 26.6 Å². The molecule has 0 aliphatic heterocycles. The molecule has 0 saturated heterocycles. The Morgan fingerprint density at radius 3 is 2.18 bits per heavy atom. The lowest BCUT2D eigenvalue weighted by Gasteiger charge is -2.43. The highest BCUT2D eigenvalue weighted by molar-refractivity contribution is 5.98. The van der Waals surface area contributed by atoms with E-state index in [9.17, 15) is 27.6 Å². The number of nitrogens with zero attached hydrogens (tertiary/aromatic N) is 1. The highest BCUT2D eigenvalue weighted by Gasteiger charge is 2.48. The largest absolute Gasteiger partial charge is 0.416 e. The maximum atomic E-state index is 13.0. The van der Waals surface area contributed by atoms with Gasteiger partial charge in [0.05, 0.1) is 12.1 Å². The minimum atomic E-state index is -4.61. The van der Waals surface area contributed by atoms with Gasteiger partial charge in [-0.25, -0.2) is 0 Å². The molecular weight excluding hydrogens is 499 g/mol. The second kappa shape index (κ2) is 11.8. The van der Waals surface area contributed by atoms with Crippen LogP contribution in [-0.4, -0.2) is 50.4 Å². The maximum Gasteiger partial charge on any atom is 0.416 e. The second-order valence-electron chi connectivity index (χ2n) is 10.4. The Bertz CT molecular complexity index is 1180. The first-order valence-electron chi connectivity index (χ1n) is 12.0. The molecule has 0 radical (unpaired) electrons. The molecule has 208 valence electrons. The Kier molecular flexibility index (Phi) is 9.55. The van der Waals surface area contributed by atoms with Crippen LogP contribution >= 0.6 is 0 Å². The molecule has 0 aliphatic carbocycles. The standard InChI is InChI=1S/C27H36F3N5O3/c1-17-12-21(35(5)6)11-10-19(17)14-32-16-26(24(31)38,25(2,3)4)34-22(36)15-33-23(37)18-8-7-9-20(13-18)27(28,29)30/h7-13,32H,14-16H2,1-6H3,(H2,31,38)(H,33,37)(H,34,36). The molecule has 2 aromatic carbocycles. The summed E-state index contributed by atoms with van der Waals surface area (Å²) in [6.45, 7) is 7.07. The molecule has 0 fully saturated rings. The number of hydrogen-bond donors (Lipinski definition) is 4. The zero-order chi connectivity index (χ0) is 28.9. The fourth-order valence-electron chi connectivity index (χ4n) is 3.94. The average Bonchev–Trinajstić information content (AvgIpc) is 2.81. The summed E-state index contributed by atoms with van der Waals surface area (Å²) in [5.74, 6) is -2.34. The molecule has 2 rings (SSSR count). The zero-order valence-electron chi connectivity index (χ0n) is 22.5. The first-order chi connectivity index (χ1) is 17.5. The molecule has 0 aliphatic rings. The summed E-state index contributed by atoms with van der Waals surface area (Å²) in [5.41, 5.74) is 5.30. The van der Waals surface area contributed by atoms with Gasteiger partial charge in [-0.15, -0.1) is 0 Å². The molecule has 11 heteroatoms. The quantitative estimate of drug-likeness (QED) is 0.373. The van der Waals surface area contributed by atoms with Crippen molar-refractivity contribution in [3.63, 3.8) is 0 Å². The number of rotatable bonds is 10. The molecule has 0 spiro atoms. The van der Waals surface area contributed by atoms with Crippen LogP contribution in [-0.2, 0) is 22.3 Å². The van der Waals surface area contributed by atoms with Crippen molar-refractivity contribution in [2.75, 3.05) is 32.1 Å². The fourth-order valence-corrected chi connectivity index (χ4v) is 3.94. The number of primary amides is 1. The first kappa shape index (κ1) is 30.6. The predicted molar refractivity (Wildman–Crippen MR) is 141 cm³/mol. The van der Waals surface area contributed by atoms with Gasteiger partial charge in [-0.1, -0.05) is 32.9 Å². The molecule has 8 nitrogen and oxygen atoms in total. The van der Waals surface area contributed by atoms with Gasteiger partial charge >= 0.3 is 6.18 Å². The highest BCUT2D eigenvalue weighted by Crippen LogP contribution is 2.31. The molecule has 1 atom stereocenters. The number of alkyl halides is 3. The number of anilines is 1. The van der Waals surface area contributed by atoms with E-state index in [2.05, 4.69) is 16.0 Å². The second-order valence-corrected chi connectivity index (χ2v) is 10.4. The summed E-state index contributed by atoms with van der Waals surface area (Å²) >= 11 is 0. The smallest absolute Gasteiger partial charge is 0.378 e. The summed E-state index contributed by atoms with van der Waals surface area (Å²) in [7, 11) is 3.89. The lowest BCUT2D eigenvalue weighted by Crippen LogP contribution is -2.69.